The quantitative estimate of drug-likeness (QED) is 0.716. The predicted molar refractivity (Wildman–Crippen MR) is 86.3 cm³/mol. The molecule has 0 saturated carbocycles. The van der Waals surface area contributed by atoms with Crippen LogP contribution >= 0.6 is 15.9 Å². The summed E-state index contributed by atoms with van der Waals surface area (Å²) in [6.07, 6.45) is 0. The largest absolute Gasteiger partial charge is 0.382 e. The fraction of sp³-hybridized carbons (Fsp3) is 0.0625. The summed E-state index contributed by atoms with van der Waals surface area (Å²) in [7, 11) is 0. The van der Waals surface area contributed by atoms with Crippen molar-refractivity contribution in [2.24, 2.45) is 0 Å². The van der Waals surface area contributed by atoms with Crippen molar-refractivity contribution in [3.63, 3.8) is 0 Å². The number of nitrogens with one attached hydrogen (secondary N) is 1. The average molecular weight is 346 g/mol. The standard InChI is InChI=1S/C16H13BrFN3/c1-9-3-2-4-12(14(9)18)15-13(16(19)21-20-15)10-5-7-11(17)8-6-10/h2-8H,1H3,(H3,19,20,21). The maximum atomic E-state index is 14.4. The minimum absolute atomic E-state index is 0.264. The molecule has 1 heterocycles. The first-order valence-electron chi connectivity index (χ1n) is 6.43. The number of aryl methyl sites for hydroxylation is 1. The summed E-state index contributed by atoms with van der Waals surface area (Å²) in [5, 5.41) is 6.88. The number of nitrogen functional groups attached to an aromatic ring is 1. The van der Waals surface area contributed by atoms with Crippen LogP contribution in [0.1, 0.15) is 5.56 Å². The summed E-state index contributed by atoms with van der Waals surface area (Å²) in [4.78, 5) is 0. The highest BCUT2D eigenvalue weighted by Crippen LogP contribution is 2.36. The zero-order valence-corrected chi connectivity index (χ0v) is 12.9. The summed E-state index contributed by atoms with van der Waals surface area (Å²) in [6.45, 7) is 1.73. The molecule has 0 aliphatic carbocycles. The molecule has 3 N–H and O–H groups in total. The van der Waals surface area contributed by atoms with Crippen LogP contribution < -0.4 is 5.73 Å². The van der Waals surface area contributed by atoms with Crippen LogP contribution in [0.15, 0.2) is 46.9 Å². The van der Waals surface area contributed by atoms with Gasteiger partial charge in [0, 0.05) is 10.0 Å². The Kier molecular flexibility index (Phi) is 3.51. The Hall–Kier alpha value is -2.14. The monoisotopic (exact) mass is 345 g/mol. The van der Waals surface area contributed by atoms with Gasteiger partial charge in [-0.1, -0.05) is 40.2 Å². The van der Waals surface area contributed by atoms with E-state index in [1.165, 1.54) is 0 Å². The summed E-state index contributed by atoms with van der Waals surface area (Å²) in [5.41, 5.74) is 9.21. The van der Waals surface area contributed by atoms with Crippen LogP contribution in [0.3, 0.4) is 0 Å². The molecule has 3 aromatic rings. The van der Waals surface area contributed by atoms with Crippen LogP contribution in [-0.2, 0) is 0 Å². The van der Waals surface area contributed by atoms with Gasteiger partial charge in [0.2, 0.25) is 0 Å². The van der Waals surface area contributed by atoms with Gasteiger partial charge in [-0.15, -0.1) is 0 Å². The number of aromatic amines is 1. The topological polar surface area (TPSA) is 54.7 Å². The minimum Gasteiger partial charge on any atom is -0.382 e. The first-order chi connectivity index (χ1) is 10.1. The molecule has 0 bridgehead atoms. The van der Waals surface area contributed by atoms with E-state index in [0.29, 0.717) is 28.2 Å². The van der Waals surface area contributed by atoms with E-state index in [-0.39, 0.29) is 5.82 Å². The third-order valence-electron chi connectivity index (χ3n) is 3.39. The van der Waals surface area contributed by atoms with Gasteiger partial charge < -0.3 is 5.73 Å². The molecule has 3 rings (SSSR count). The highest BCUT2D eigenvalue weighted by molar-refractivity contribution is 9.10. The minimum atomic E-state index is -0.264. The van der Waals surface area contributed by atoms with Crippen molar-refractivity contribution in [1.82, 2.24) is 10.2 Å². The van der Waals surface area contributed by atoms with Crippen molar-refractivity contribution in [2.45, 2.75) is 6.92 Å². The van der Waals surface area contributed by atoms with Crippen LogP contribution in [0.2, 0.25) is 0 Å². The summed E-state index contributed by atoms with van der Waals surface area (Å²) in [6, 6.07) is 12.9. The van der Waals surface area contributed by atoms with E-state index in [2.05, 4.69) is 26.1 Å². The van der Waals surface area contributed by atoms with Crippen LogP contribution in [0.25, 0.3) is 22.4 Å². The fourth-order valence-corrected chi connectivity index (χ4v) is 2.56. The van der Waals surface area contributed by atoms with Crippen LogP contribution in [0, 0.1) is 12.7 Å². The summed E-state index contributed by atoms with van der Waals surface area (Å²) in [5.74, 6) is 0.0905. The molecule has 0 aliphatic heterocycles. The van der Waals surface area contributed by atoms with Crippen molar-refractivity contribution in [3.8, 4) is 22.4 Å². The molecule has 0 saturated heterocycles. The number of nitrogens with zero attached hydrogens (tertiary/aromatic N) is 1. The Morgan fingerprint density at radius 2 is 1.86 bits per heavy atom. The van der Waals surface area contributed by atoms with E-state index in [1.807, 2.05) is 30.3 Å². The third kappa shape index (κ3) is 2.45. The van der Waals surface area contributed by atoms with E-state index in [0.717, 1.165) is 10.0 Å². The lowest BCUT2D eigenvalue weighted by molar-refractivity contribution is 0.621. The SMILES string of the molecule is Cc1cccc(-c2[nH]nc(N)c2-c2ccc(Br)cc2)c1F. The highest BCUT2D eigenvalue weighted by Gasteiger charge is 2.18. The van der Waals surface area contributed by atoms with Gasteiger partial charge in [-0.05, 0) is 36.2 Å². The second-order valence-corrected chi connectivity index (χ2v) is 5.72. The molecular formula is C16H13BrFN3. The Balaban J connectivity index is 2.22. The van der Waals surface area contributed by atoms with E-state index in [4.69, 9.17) is 5.73 Å². The van der Waals surface area contributed by atoms with Gasteiger partial charge in [-0.3, -0.25) is 5.10 Å². The predicted octanol–water partition coefficient (Wildman–Crippen LogP) is 4.54. The van der Waals surface area contributed by atoms with Crippen molar-refractivity contribution >= 4 is 21.7 Å². The number of benzene rings is 2. The Morgan fingerprint density at radius 3 is 2.57 bits per heavy atom. The highest BCUT2D eigenvalue weighted by atomic mass is 79.9. The Labute approximate surface area is 130 Å². The fourth-order valence-electron chi connectivity index (χ4n) is 2.30. The van der Waals surface area contributed by atoms with Crippen molar-refractivity contribution in [3.05, 3.63) is 58.3 Å². The van der Waals surface area contributed by atoms with E-state index < -0.39 is 0 Å². The second kappa shape index (κ2) is 5.33. The summed E-state index contributed by atoms with van der Waals surface area (Å²) >= 11 is 3.40. The lowest BCUT2D eigenvalue weighted by atomic mass is 9.99. The molecule has 0 amide bonds. The molecule has 106 valence electrons. The van der Waals surface area contributed by atoms with Crippen LogP contribution in [0.5, 0.6) is 0 Å². The molecule has 21 heavy (non-hydrogen) atoms. The zero-order chi connectivity index (χ0) is 15.0. The average Bonchev–Trinajstić information content (AvgIpc) is 2.85. The van der Waals surface area contributed by atoms with Crippen LogP contribution in [-0.4, -0.2) is 10.2 Å². The normalized spacial score (nSPS) is 10.8. The van der Waals surface area contributed by atoms with E-state index in [9.17, 15) is 4.39 Å². The third-order valence-corrected chi connectivity index (χ3v) is 3.92. The molecule has 0 aliphatic rings. The lowest BCUT2D eigenvalue weighted by Crippen LogP contribution is -1.92. The van der Waals surface area contributed by atoms with Gasteiger partial charge in [0.05, 0.1) is 11.3 Å². The van der Waals surface area contributed by atoms with Crippen LogP contribution in [0.4, 0.5) is 10.2 Å². The maximum Gasteiger partial charge on any atom is 0.153 e. The summed E-state index contributed by atoms with van der Waals surface area (Å²) < 4.78 is 15.3. The zero-order valence-electron chi connectivity index (χ0n) is 11.3. The molecule has 0 atom stereocenters. The van der Waals surface area contributed by atoms with Crippen molar-refractivity contribution in [1.29, 1.82) is 0 Å². The van der Waals surface area contributed by atoms with Gasteiger partial charge in [0.15, 0.2) is 5.82 Å². The number of nitrogens with two attached hydrogens (primary N) is 1. The number of hydrogen-bond donors (Lipinski definition) is 2. The van der Waals surface area contributed by atoms with Gasteiger partial charge in [-0.2, -0.15) is 5.10 Å². The second-order valence-electron chi connectivity index (χ2n) is 4.80. The van der Waals surface area contributed by atoms with Gasteiger partial charge in [-0.25, -0.2) is 4.39 Å². The number of hydrogen-bond acceptors (Lipinski definition) is 2. The molecule has 1 aromatic heterocycles. The maximum absolute atomic E-state index is 14.4. The Bertz CT molecular complexity index is 794. The molecule has 0 radical (unpaired) electrons. The number of rotatable bonds is 2. The van der Waals surface area contributed by atoms with Gasteiger partial charge >= 0.3 is 0 Å². The molecule has 3 nitrogen and oxygen atoms in total. The molecule has 0 fully saturated rings. The molecule has 5 heteroatoms. The van der Waals surface area contributed by atoms with Gasteiger partial charge in [0.1, 0.15) is 5.82 Å². The number of H-pyrrole nitrogens is 1. The van der Waals surface area contributed by atoms with Crippen molar-refractivity contribution in [2.75, 3.05) is 5.73 Å². The van der Waals surface area contributed by atoms with Crippen molar-refractivity contribution < 1.29 is 4.39 Å². The van der Waals surface area contributed by atoms with Gasteiger partial charge in [0.25, 0.3) is 0 Å². The van der Waals surface area contributed by atoms with E-state index in [1.54, 1.807) is 19.1 Å². The first kappa shape index (κ1) is 13.8. The first-order valence-corrected chi connectivity index (χ1v) is 7.22. The molecule has 2 aromatic carbocycles. The number of anilines is 1. The smallest absolute Gasteiger partial charge is 0.153 e. The number of halogens is 2. The Morgan fingerprint density at radius 1 is 1.14 bits per heavy atom. The molecular weight excluding hydrogens is 333 g/mol. The number of aromatic nitrogens is 2. The van der Waals surface area contributed by atoms with E-state index >= 15 is 0 Å². The molecule has 0 unspecified atom stereocenters. The lowest BCUT2D eigenvalue weighted by Gasteiger charge is -2.07. The molecule has 0 spiro atoms.